The minimum absolute atomic E-state index is 0.161. The Morgan fingerprint density at radius 2 is 2.12 bits per heavy atom. The van der Waals surface area contributed by atoms with Crippen LogP contribution in [-0.2, 0) is 10.0 Å². The smallest absolute Gasteiger partial charge is 0.238 e. The number of primary sulfonamides is 1. The van der Waals surface area contributed by atoms with Gasteiger partial charge < -0.3 is 4.74 Å². The van der Waals surface area contributed by atoms with E-state index in [9.17, 15) is 8.42 Å². The highest BCUT2D eigenvalue weighted by Crippen LogP contribution is 2.27. The maximum absolute atomic E-state index is 11.2. The zero-order valence-electron chi connectivity index (χ0n) is 9.85. The first-order valence-corrected chi connectivity index (χ1v) is 7.28. The van der Waals surface area contributed by atoms with E-state index in [0.29, 0.717) is 23.8 Å². The lowest BCUT2D eigenvalue weighted by atomic mass is 9.86. The molecule has 2 rings (SSSR count). The normalized spacial score (nSPS) is 16.6. The van der Waals surface area contributed by atoms with Crippen molar-refractivity contribution in [1.29, 1.82) is 0 Å². The molecule has 0 saturated heterocycles. The van der Waals surface area contributed by atoms with E-state index in [1.165, 1.54) is 25.3 Å². The number of hydrogen-bond donors (Lipinski definition) is 1. The van der Waals surface area contributed by atoms with Crippen LogP contribution in [0.25, 0.3) is 0 Å². The molecule has 0 aromatic heterocycles. The number of ether oxygens (including phenoxy) is 1. The quantitative estimate of drug-likeness (QED) is 0.892. The van der Waals surface area contributed by atoms with Gasteiger partial charge in [-0.1, -0.05) is 6.42 Å². The van der Waals surface area contributed by atoms with Gasteiger partial charge in [-0.25, -0.2) is 13.6 Å². The molecule has 2 N–H and O–H groups in total. The lowest BCUT2D eigenvalue weighted by Gasteiger charge is -2.25. The number of benzene rings is 1. The monoisotopic (exact) mass is 255 g/mol. The highest BCUT2D eigenvalue weighted by Gasteiger charge is 2.18. The van der Waals surface area contributed by atoms with Crippen LogP contribution in [0, 0.1) is 12.8 Å². The summed E-state index contributed by atoms with van der Waals surface area (Å²) < 4.78 is 28.1. The molecule has 0 atom stereocenters. The molecule has 94 valence electrons. The second kappa shape index (κ2) is 4.66. The maximum Gasteiger partial charge on any atom is 0.238 e. The van der Waals surface area contributed by atoms with Crippen LogP contribution in [-0.4, -0.2) is 15.0 Å². The standard InChI is InChI=1S/C12H17NO3S/c1-9-7-11(16-8-10-3-2-4-10)5-6-12(9)17(13,14)15/h5-7,10H,2-4,8H2,1H3,(H2,13,14,15). The summed E-state index contributed by atoms with van der Waals surface area (Å²) in [5.74, 6) is 1.37. The maximum atomic E-state index is 11.2. The molecule has 1 aliphatic rings. The van der Waals surface area contributed by atoms with Crippen LogP contribution < -0.4 is 9.88 Å². The molecule has 1 saturated carbocycles. The molecule has 0 unspecified atom stereocenters. The Labute approximate surface area is 102 Å². The first-order valence-electron chi connectivity index (χ1n) is 5.73. The Morgan fingerprint density at radius 1 is 1.41 bits per heavy atom. The van der Waals surface area contributed by atoms with Crippen LogP contribution in [0.15, 0.2) is 23.1 Å². The molecule has 0 spiro atoms. The summed E-state index contributed by atoms with van der Waals surface area (Å²) in [4.78, 5) is 0.161. The molecule has 17 heavy (non-hydrogen) atoms. The third-order valence-corrected chi connectivity index (χ3v) is 4.23. The molecule has 1 aliphatic carbocycles. The topological polar surface area (TPSA) is 69.4 Å². The Morgan fingerprint density at radius 3 is 2.59 bits per heavy atom. The van der Waals surface area contributed by atoms with Crippen molar-refractivity contribution in [2.45, 2.75) is 31.1 Å². The molecule has 5 heteroatoms. The Kier molecular flexibility index (Phi) is 3.40. The van der Waals surface area contributed by atoms with Crippen molar-refractivity contribution in [2.24, 2.45) is 11.1 Å². The van der Waals surface area contributed by atoms with Crippen LogP contribution in [0.5, 0.6) is 5.75 Å². The first-order chi connectivity index (χ1) is 7.97. The van der Waals surface area contributed by atoms with E-state index in [0.717, 1.165) is 0 Å². The van der Waals surface area contributed by atoms with E-state index in [2.05, 4.69) is 0 Å². The van der Waals surface area contributed by atoms with Crippen molar-refractivity contribution >= 4 is 10.0 Å². The summed E-state index contributed by atoms with van der Waals surface area (Å²) in [5, 5.41) is 5.09. The first kappa shape index (κ1) is 12.4. The molecule has 1 aromatic rings. The number of aryl methyl sites for hydroxylation is 1. The van der Waals surface area contributed by atoms with Crippen molar-refractivity contribution in [3.05, 3.63) is 23.8 Å². The lowest BCUT2D eigenvalue weighted by molar-refractivity contribution is 0.180. The molecular weight excluding hydrogens is 238 g/mol. The van der Waals surface area contributed by atoms with Crippen molar-refractivity contribution in [1.82, 2.24) is 0 Å². The molecule has 0 aliphatic heterocycles. The second-order valence-electron chi connectivity index (χ2n) is 4.58. The van der Waals surface area contributed by atoms with Crippen LogP contribution in [0.2, 0.25) is 0 Å². The molecule has 0 bridgehead atoms. The predicted molar refractivity (Wildman–Crippen MR) is 65.4 cm³/mol. The molecule has 0 radical (unpaired) electrons. The third-order valence-electron chi connectivity index (χ3n) is 3.16. The van der Waals surface area contributed by atoms with Crippen LogP contribution in [0.3, 0.4) is 0 Å². The van der Waals surface area contributed by atoms with Gasteiger partial charge in [-0.15, -0.1) is 0 Å². The highest BCUT2D eigenvalue weighted by molar-refractivity contribution is 7.89. The summed E-state index contributed by atoms with van der Waals surface area (Å²) in [5.41, 5.74) is 0.624. The molecule has 1 fully saturated rings. The zero-order chi connectivity index (χ0) is 12.5. The van der Waals surface area contributed by atoms with Gasteiger partial charge in [0.05, 0.1) is 11.5 Å². The minimum Gasteiger partial charge on any atom is -0.493 e. The van der Waals surface area contributed by atoms with E-state index in [-0.39, 0.29) is 4.90 Å². The number of rotatable bonds is 4. The lowest BCUT2D eigenvalue weighted by Crippen LogP contribution is -2.19. The van der Waals surface area contributed by atoms with Gasteiger partial charge >= 0.3 is 0 Å². The fraction of sp³-hybridized carbons (Fsp3) is 0.500. The number of nitrogens with two attached hydrogens (primary N) is 1. The van der Waals surface area contributed by atoms with Crippen molar-refractivity contribution in [3.63, 3.8) is 0 Å². The van der Waals surface area contributed by atoms with Crippen molar-refractivity contribution in [2.75, 3.05) is 6.61 Å². The summed E-state index contributed by atoms with van der Waals surface area (Å²) in [6, 6.07) is 4.88. The van der Waals surface area contributed by atoms with E-state index >= 15 is 0 Å². The van der Waals surface area contributed by atoms with E-state index in [1.807, 2.05) is 0 Å². The SMILES string of the molecule is Cc1cc(OCC2CCC2)ccc1S(N)(=O)=O. The van der Waals surface area contributed by atoms with Gasteiger partial charge in [0.25, 0.3) is 0 Å². The molecule has 0 amide bonds. The van der Waals surface area contributed by atoms with Gasteiger partial charge in [0.2, 0.25) is 10.0 Å². The fourth-order valence-electron chi connectivity index (χ4n) is 1.90. The minimum atomic E-state index is -3.63. The summed E-state index contributed by atoms with van der Waals surface area (Å²) in [6.45, 7) is 2.43. The van der Waals surface area contributed by atoms with E-state index in [4.69, 9.17) is 9.88 Å². The summed E-state index contributed by atoms with van der Waals surface area (Å²) in [7, 11) is -3.63. The molecule has 0 heterocycles. The van der Waals surface area contributed by atoms with Crippen LogP contribution >= 0.6 is 0 Å². The van der Waals surface area contributed by atoms with E-state index < -0.39 is 10.0 Å². The fourth-order valence-corrected chi connectivity index (χ4v) is 2.67. The largest absolute Gasteiger partial charge is 0.493 e. The average Bonchev–Trinajstić information content (AvgIpc) is 2.13. The molecular formula is C12H17NO3S. The van der Waals surface area contributed by atoms with Gasteiger partial charge in [-0.05, 0) is 49.4 Å². The Hall–Kier alpha value is -1.07. The van der Waals surface area contributed by atoms with Gasteiger partial charge in [-0.2, -0.15) is 0 Å². The summed E-state index contributed by atoms with van der Waals surface area (Å²) in [6.07, 6.45) is 3.75. The average molecular weight is 255 g/mol. The van der Waals surface area contributed by atoms with Crippen LogP contribution in [0.4, 0.5) is 0 Å². The Balaban J connectivity index is 2.07. The van der Waals surface area contributed by atoms with Crippen LogP contribution in [0.1, 0.15) is 24.8 Å². The highest BCUT2D eigenvalue weighted by atomic mass is 32.2. The summed E-state index contributed by atoms with van der Waals surface area (Å²) >= 11 is 0. The van der Waals surface area contributed by atoms with Crippen molar-refractivity contribution in [3.8, 4) is 5.75 Å². The number of hydrogen-bond acceptors (Lipinski definition) is 3. The van der Waals surface area contributed by atoms with Gasteiger partial charge in [0, 0.05) is 0 Å². The van der Waals surface area contributed by atoms with Gasteiger partial charge in [0.15, 0.2) is 0 Å². The zero-order valence-corrected chi connectivity index (χ0v) is 10.7. The van der Waals surface area contributed by atoms with Crippen molar-refractivity contribution < 1.29 is 13.2 Å². The van der Waals surface area contributed by atoms with Gasteiger partial charge in [-0.3, -0.25) is 0 Å². The van der Waals surface area contributed by atoms with E-state index in [1.54, 1.807) is 19.1 Å². The Bertz CT molecular complexity index is 506. The molecule has 4 nitrogen and oxygen atoms in total. The second-order valence-corrected chi connectivity index (χ2v) is 6.11. The predicted octanol–water partition coefficient (Wildman–Crippen LogP) is 1.82. The molecule has 1 aromatic carbocycles. The third kappa shape index (κ3) is 2.98. The number of sulfonamides is 1. The van der Waals surface area contributed by atoms with Gasteiger partial charge in [0.1, 0.15) is 5.75 Å².